The van der Waals surface area contributed by atoms with Crippen LogP contribution in [-0.4, -0.2) is 43.5 Å². The number of halogens is 1. The monoisotopic (exact) mass is 255 g/mol. The predicted octanol–water partition coefficient (Wildman–Crippen LogP) is 2.32. The van der Waals surface area contributed by atoms with Crippen molar-refractivity contribution in [2.24, 2.45) is 0 Å². The summed E-state index contributed by atoms with van der Waals surface area (Å²) < 4.78 is 5.00. The van der Waals surface area contributed by atoms with Crippen LogP contribution in [0.25, 0.3) is 0 Å². The van der Waals surface area contributed by atoms with Crippen LogP contribution in [0.1, 0.15) is 15.9 Å². The molecule has 0 bridgehead atoms. The molecule has 0 radical (unpaired) electrons. The number of methoxy groups -OCH3 is 1. The van der Waals surface area contributed by atoms with Crippen LogP contribution >= 0.6 is 11.6 Å². The number of rotatable bonds is 6. The van der Waals surface area contributed by atoms with Gasteiger partial charge < -0.3 is 9.64 Å². The second-order valence-corrected chi connectivity index (χ2v) is 4.17. The number of hydrogen-bond donors (Lipinski definition) is 0. The van der Waals surface area contributed by atoms with Gasteiger partial charge in [0.1, 0.15) is 0 Å². The van der Waals surface area contributed by atoms with Gasteiger partial charge in [-0.3, -0.25) is 4.79 Å². The molecule has 0 N–H and O–H groups in total. The third kappa shape index (κ3) is 4.02. The first-order valence-corrected chi connectivity index (χ1v) is 6.14. The lowest BCUT2D eigenvalue weighted by Gasteiger charge is -2.22. The molecule has 0 spiro atoms. The van der Waals surface area contributed by atoms with Gasteiger partial charge in [0.05, 0.1) is 6.61 Å². The summed E-state index contributed by atoms with van der Waals surface area (Å²) in [6.45, 7) is 3.56. The Kier molecular flexibility index (Phi) is 6.01. The van der Waals surface area contributed by atoms with E-state index in [-0.39, 0.29) is 5.91 Å². The number of benzene rings is 1. The maximum atomic E-state index is 12.3. The highest BCUT2D eigenvalue weighted by Gasteiger charge is 2.16. The quantitative estimate of drug-likeness (QED) is 0.730. The van der Waals surface area contributed by atoms with Crippen molar-refractivity contribution in [1.29, 1.82) is 0 Å². The molecule has 1 aromatic carbocycles. The number of hydrogen-bond acceptors (Lipinski definition) is 2. The summed E-state index contributed by atoms with van der Waals surface area (Å²) in [5, 5.41) is 0. The van der Waals surface area contributed by atoms with Crippen molar-refractivity contribution >= 4 is 17.5 Å². The van der Waals surface area contributed by atoms with Crippen LogP contribution < -0.4 is 0 Å². The molecule has 0 fully saturated rings. The van der Waals surface area contributed by atoms with Crippen LogP contribution in [0.5, 0.6) is 0 Å². The van der Waals surface area contributed by atoms with Crippen molar-refractivity contribution in [1.82, 2.24) is 4.90 Å². The fraction of sp³-hybridized carbons (Fsp3) is 0.462. The summed E-state index contributed by atoms with van der Waals surface area (Å²) in [6.07, 6.45) is 0. The number of ether oxygens (including phenoxy) is 1. The van der Waals surface area contributed by atoms with E-state index >= 15 is 0 Å². The molecule has 94 valence electrons. The van der Waals surface area contributed by atoms with E-state index in [1.54, 1.807) is 12.0 Å². The molecule has 0 atom stereocenters. The largest absolute Gasteiger partial charge is 0.383 e. The van der Waals surface area contributed by atoms with Gasteiger partial charge in [0.25, 0.3) is 5.91 Å². The molecule has 1 rings (SSSR count). The summed E-state index contributed by atoms with van der Waals surface area (Å²) in [4.78, 5) is 14.0. The molecule has 4 heteroatoms. The van der Waals surface area contributed by atoms with E-state index in [4.69, 9.17) is 16.3 Å². The standard InChI is InChI=1S/C13H18ClNO2/c1-11-5-3-4-6-12(11)13(16)15(8-7-14)9-10-17-2/h3-6H,7-10H2,1-2H3. The van der Waals surface area contributed by atoms with E-state index in [1.165, 1.54) is 0 Å². The minimum Gasteiger partial charge on any atom is -0.383 e. The van der Waals surface area contributed by atoms with E-state index in [0.29, 0.717) is 25.6 Å². The predicted molar refractivity (Wildman–Crippen MR) is 69.7 cm³/mol. The normalized spacial score (nSPS) is 10.3. The highest BCUT2D eigenvalue weighted by Crippen LogP contribution is 2.10. The molecule has 0 aliphatic heterocycles. The summed E-state index contributed by atoms with van der Waals surface area (Å²) >= 11 is 5.71. The van der Waals surface area contributed by atoms with E-state index in [9.17, 15) is 4.79 Å². The van der Waals surface area contributed by atoms with E-state index in [1.807, 2.05) is 31.2 Å². The summed E-state index contributed by atoms with van der Waals surface area (Å²) in [7, 11) is 1.62. The first-order valence-electron chi connectivity index (χ1n) is 5.60. The molecular weight excluding hydrogens is 238 g/mol. The lowest BCUT2D eigenvalue weighted by molar-refractivity contribution is 0.0707. The molecule has 0 saturated carbocycles. The van der Waals surface area contributed by atoms with Gasteiger partial charge in [-0.25, -0.2) is 0 Å². The molecule has 0 saturated heterocycles. The molecule has 3 nitrogen and oxygen atoms in total. The molecule has 17 heavy (non-hydrogen) atoms. The summed E-state index contributed by atoms with van der Waals surface area (Å²) in [5.41, 5.74) is 1.71. The Bertz CT molecular complexity index is 368. The van der Waals surface area contributed by atoms with Gasteiger partial charge in [-0.05, 0) is 18.6 Å². The Balaban J connectivity index is 2.80. The Morgan fingerprint density at radius 1 is 1.35 bits per heavy atom. The molecule has 0 unspecified atom stereocenters. The first-order chi connectivity index (χ1) is 8.20. The van der Waals surface area contributed by atoms with Crippen molar-refractivity contribution in [3.8, 4) is 0 Å². The lowest BCUT2D eigenvalue weighted by Crippen LogP contribution is -2.35. The molecule has 1 aromatic rings. The second kappa shape index (κ2) is 7.30. The first kappa shape index (κ1) is 14.0. The van der Waals surface area contributed by atoms with Gasteiger partial charge in [-0.2, -0.15) is 0 Å². The van der Waals surface area contributed by atoms with Gasteiger partial charge in [0.15, 0.2) is 0 Å². The summed E-state index contributed by atoms with van der Waals surface area (Å²) in [6, 6.07) is 7.57. The van der Waals surface area contributed by atoms with Crippen molar-refractivity contribution in [2.75, 3.05) is 32.7 Å². The number of aryl methyl sites for hydroxylation is 1. The third-order valence-electron chi connectivity index (χ3n) is 2.58. The SMILES string of the molecule is COCCN(CCCl)C(=O)c1ccccc1C. The second-order valence-electron chi connectivity index (χ2n) is 3.79. The van der Waals surface area contributed by atoms with Gasteiger partial charge in [-0.15, -0.1) is 11.6 Å². The maximum absolute atomic E-state index is 12.3. The van der Waals surface area contributed by atoms with Crippen LogP contribution in [0.3, 0.4) is 0 Å². The van der Waals surface area contributed by atoms with E-state index < -0.39 is 0 Å². The summed E-state index contributed by atoms with van der Waals surface area (Å²) in [5.74, 6) is 0.447. The van der Waals surface area contributed by atoms with Crippen LogP contribution in [0.15, 0.2) is 24.3 Å². The zero-order valence-corrected chi connectivity index (χ0v) is 11.0. The molecule has 0 heterocycles. The molecule has 1 amide bonds. The number of alkyl halides is 1. The lowest BCUT2D eigenvalue weighted by atomic mass is 10.1. The van der Waals surface area contributed by atoms with E-state index in [2.05, 4.69) is 0 Å². The minimum absolute atomic E-state index is 0.0146. The van der Waals surface area contributed by atoms with Gasteiger partial charge >= 0.3 is 0 Å². The van der Waals surface area contributed by atoms with Crippen LogP contribution in [0.2, 0.25) is 0 Å². The topological polar surface area (TPSA) is 29.5 Å². The average molecular weight is 256 g/mol. The molecule has 0 aromatic heterocycles. The number of nitrogens with zero attached hydrogens (tertiary/aromatic N) is 1. The highest BCUT2D eigenvalue weighted by atomic mass is 35.5. The van der Waals surface area contributed by atoms with E-state index in [0.717, 1.165) is 11.1 Å². The third-order valence-corrected chi connectivity index (χ3v) is 2.75. The van der Waals surface area contributed by atoms with Gasteiger partial charge in [0.2, 0.25) is 0 Å². The average Bonchev–Trinajstić information content (AvgIpc) is 2.34. The Morgan fingerprint density at radius 2 is 2.06 bits per heavy atom. The minimum atomic E-state index is 0.0146. The number of amides is 1. The number of carbonyl (C=O) groups is 1. The van der Waals surface area contributed by atoms with Crippen molar-refractivity contribution < 1.29 is 9.53 Å². The molecular formula is C13H18ClNO2. The maximum Gasteiger partial charge on any atom is 0.254 e. The molecule has 0 aliphatic carbocycles. The zero-order chi connectivity index (χ0) is 12.7. The van der Waals surface area contributed by atoms with Crippen molar-refractivity contribution in [3.05, 3.63) is 35.4 Å². The smallest absolute Gasteiger partial charge is 0.254 e. The van der Waals surface area contributed by atoms with Gasteiger partial charge in [0, 0.05) is 31.6 Å². The van der Waals surface area contributed by atoms with Crippen molar-refractivity contribution in [3.63, 3.8) is 0 Å². The van der Waals surface area contributed by atoms with Crippen LogP contribution in [-0.2, 0) is 4.74 Å². The Morgan fingerprint density at radius 3 is 2.65 bits per heavy atom. The zero-order valence-electron chi connectivity index (χ0n) is 10.3. The molecule has 0 aliphatic rings. The fourth-order valence-electron chi connectivity index (χ4n) is 1.60. The Labute approximate surface area is 107 Å². The Hall–Kier alpha value is -1.06. The van der Waals surface area contributed by atoms with Crippen LogP contribution in [0, 0.1) is 6.92 Å². The number of carbonyl (C=O) groups excluding carboxylic acids is 1. The highest BCUT2D eigenvalue weighted by molar-refractivity contribution is 6.18. The fourth-order valence-corrected chi connectivity index (χ4v) is 1.81. The van der Waals surface area contributed by atoms with Crippen molar-refractivity contribution in [2.45, 2.75) is 6.92 Å². The van der Waals surface area contributed by atoms with Crippen LogP contribution in [0.4, 0.5) is 0 Å². The van der Waals surface area contributed by atoms with Gasteiger partial charge in [-0.1, -0.05) is 18.2 Å².